The molecule has 1 aliphatic rings. The van der Waals surface area contributed by atoms with E-state index < -0.39 is 17.7 Å². The Balaban J connectivity index is 2.33. The van der Waals surface area contributed by atoms with Crippen LogP contribution in [0.3, 0.4) is 0 Å². The third-order valence-corrected chi connectivity index (χ3v) is 4.01. The van der Waals surface area contributed by atoms with Crippen molar-refractivity contribution < 1.29 is 19.7 Å². The van der Waals surface area contributed by atoms with Gasteiger partial charge in [-0.15, -0.1) is 0 Å². The Kier molecular flexibility index (Phi) is 5.08. The van der Waals surface area contributed by atoms with Crippen molar-refractivity contribution in [1.82, 2.24) is 4.90 Å². The van der Waals surface area contributed by atoms with Crippen molar-refractivity contribution in [2.75, 3.05) is 13.2 Å². The van der Waals surface area contributed by atoms with Gasteiger partial charge in [-0.1, -0.05) is 24.3 Å². The van der Waals surface area contributed by atoms with Crippen LogP contribution in [0.2, 0.25) is 0 Å². The van der Waals surface area contributed by atoms with E-state index in [4.69, 9.17) is 4.74 Å². The van der Waals surface area contributed by atoms with E-state index in [9.17, 15) is 15.0 Å². The number of benzene rings is 1. The standard InChI is InChI=1S/C17H25NO4/c1-17(2,3)18(16(20)21)14(11-19)12-6-4-7-13(10-12)15-8-5-9-22-15/h4,6-7,10,14-15,19H,5,8-9,11H2,1-3H3,(H,20,21)/t14-,15?/m1/s1. The first-order chi connectivity index (χ1) is 10.3. The number of carboxylic acid groups (broad SMARTS) is 1. The van der Waals surface area contributed by atoms with Crippen LogP contribution in [0.15, 0.2) is 24.3 Å². The van der Waals surface area contributed by atoms with Crippen molar-refractivity contribution in [1.29, 1.82) is 0 Å². The fourth-order valence-electron chi connectivity index (χ4n) is 3.03. The number of hydrogen-bond donors (Lipinski definition) is 2. The molecule has 2 N–H and O–H groups in total. The lowest BCUT2D eigenvalue weighted by Crippen LogP contribution is -2.48. The fraction of sp³-hybridized carbons (Fsp3) is 0.588. The number of carbonyl (C=O) groups is 1. The van der Waals surface area contributed by atoms with Crippen LogP contribution in [-0.2, 0) is 4.74 Å². The first kappa shape index (κ1) is 16.8. The van der Waals surface area contributed by atoms with Gasteiger partial charge in [-0.05, 0) is 44.7 Å². The summed E-state index contributed by atoms with van der Waals surface area (Å²) in [7, 11) is 0. The summed E-state index contributed by atoms with van der Waals surface area (Å²) in [6.07, 6.45) is 1.07. The van der Waals surface area contributed by atoms with Crippen LogP contribution in [0.25, 0.3) is 0 Å². The minimum atomic E-state index is -1.03. The first-order valence-electron chi connectivity index (χ1n) is 7.69. The topological polar surface area (TPSA) is 70.0 Å². The second kappa shape index (κ2) is 6.67. The van der Waals surface area contributed by atoms with Crippen molar-refractivity contribution in [2.24, 2.45) is 0 Å². The normalized spacial score (nSPS) is 19.9. The summed E-state index contributed by atoms with van der Waals surface area (Å²) >= 11 is 0. The summed E-state index contributed by atoms with van der Waals surface area (Å²) < 4.78 is 5.69. The molecule has 0 radical (unpaired) electrons. The van der Waals surface area contributed by atoms with Crippen molar-refractivity contribution in [3.63, 3.8) is 0 Å². The summed E-state index contributed by atoms with van der Waals surface area (Å²) in [5.74, 6) is 0. The minimum absolute atomic E-state index is 0.0761. The lowest BCUT2D eigenvalue weighted by molar-refractivity contribution is 0.0456. The van der Waals surface area contributed by atoms with Crippen LogP contribution in [0, 0.1) is 0 Å². The molecule has 22 heavy (non-hydrogen) atoms. The van der Waals surface area contributed by atoms with Crippen LogP contribution >= 0.6 is 0 Å². The SMILES string of the molecule is CC(C)(C)N(C(=O)O)[C@H](CO)c1cccc(C2CCCO2)c1. The molecule has 5 nitrogen and oxygen atoms in total. The Labute approximate surface area is 131 Å². The van der Waals surface area contributed by atoms with Crippen molar-refractivity contribution in [2.45, 2.75) is 51.3 Å². The van der Waals surface area contributed by atoms with Gasteiger partial charge in [-0.3, -0.25) is 4.90 Å². The lowest BCUT2D eigenvalue weighted by Gasteiger charge is -2.39. The molecule has 1 saturated heterocycles. The number of nitrogens with zero attached hydrogens (tertiary/aromatic N) is 1. The smallest absolute Gasteiger partial charge is 0.408 e. The van der Waals surface area contributed by atoms with Crippen molar-refractivity contribution in [3.05, 3.63) is 35.4 Å². The molecule has 0 saturated carbocycles. The maximum Gasteiger partial charge on any atom is 0.408 e. The maximum absolute atomic E-state index is 11.7. The highest BCUT2D eigenvalue weighted by Crippen LogP contribution is 2.33. The molecule has 5 heteroatoms. The van der Waals surface area contributed by atoms with Crippen molar-refractivity contribution in [3.8, 4) is 0 Å². The Morgan fingerprint density at radius 2 is 2.18 bits per heavy atom. The zero-order chi connectivity index (χ0) is 16.3. The molecule has 2 atom stereocenters. The highest BCUT2D eigenvalue weighted by molar-refractivity contribution is 5.67. The Bertz CT molecular complexity index is 518. The Hall–Kier alpha value is -1.59. The Morgan fingerprint density at radius 3 is 2.68 bits per heavy atom. The number of amides is 1. The molecule has 122 valence electrons. The second-order valence-corrected chi connectivity index (χ2v) is 6.69. The van der Waals surface area contributed by atoms with Crippen molar-refractivity contribution >= 4 is 6.09 Å². The molecular weight excluding hydrogens is 282 g/mol. The summed E-state index contributed by atoms with van der Waals surface area (Å²) in [6.45, 7) is 6.00. The predicted molar refractivity (Wildman–Crippen MR) is 83.8 cm³/mol. The molecule has 1 heterocycles. The quantitative estimate of drug-likeness (QED) is 0.895. The number of rotatable bonds is 4. The average Bonchev–Trinajstić information content (AvgIpc) is 2.97. The van der Waals surface area contributed by atoms with Gasteiger partial charge in [0.2, 0.25) is 0 Å². The third-order valence-electron chi connectivity index (χ3n) is 4.01. The van der Waals surface area contributed by atoms with E-state index in [1.54, 1.807) is 0 Å². The average molecular weight is 307 g/mol. The lowest BCUT2D eigenvalue weighted by atomic mass is 9.96. The van der Waals surface area contributed by atoms with E-state index in [0.717, 1.165) is 30.6 Å². The van der Waals surface area contributed by atoms with Gasteiger partial charge < -0.3 is 14.9 Å². The van der Waals surface area contributed by atoms with Crippen LogP contribution in [0.1, 0.15) is 56.9 Å². The summed E-state index contributed by atoms with van der Waals surface area (Å²) in [4.78, 5) is 13.0. The molecule has 1 amide bonds. The molecule has 0 spiro atoms. The molecule has 2 rings (SSSR count). The highest BCUT2D eigenvalue weighted by Gasteiger charge is 2.34. The van der Waals surface area contributed by atoms with Gasteiger partial charge in [0, 0.05) is 12.1 Å². The van der Waals surface area contributed by atoms with Gasteiger partial charge in [0.1, 0.15) is 0 Å². The number of aliphatic hydroxyl groups excluding tert-OH is 1. The van der Waals surface area contributed by atoms with Gasteiger partial charge in [0.15, 0.2) is 0 Å². The van der Waals surface area contributed by atoms with E-state index in [1.165, 1.54) is 4.90 Å². The van der Waals surface area contributed by atoms with Gasteiger partial charge in [0.25, 0.3) is 0 Å². The number of aliphatic hydroxyl groups is 1. The van der Waals surface area contributed by atoms with Gasteiger partial charge in [0.05, 0.1) is 18.8 Å². The minimum Gasteiger partial charge on any atom is -0.465 e. The molecular formula is C17H25NO4. The maximum atomic E-state index is 11.7. The number of ether oxygens (including phenoxy) is 1. The van der Waals surface area contributed by atoms with E-state index >= 15 is 0 Å². The summed E-state index contributed by atoms with van der Waals surface area (Å²) in [5.41, 5.74) is 1.25. The Morgan fingerprint density at radius 1 is 1.45 bits per heavy atom. The fourth-order valence-corrected chi connectivity index (χ4v) is 3.03. The first-order valence-corrected chi connectivity index (χ1v) is 7.69. The number of hydrogen-bond acceptors (Lipinski definition) is 3. The largest absolute Gasteiger partial charge is 0.465 e. The van der Waals surface area contributed by atoms with Crippen LogP contribution < -0.4 is 0 Å². The van der Waals surface area contributed by atoms with E-state index in [2.05, 4.69) is 0 Å². The van der Waals surface area contributed by atoms with E-state index in [0.29, 0.717) is 0 Å². The monoisotopic (exact) mass is 307 g/mol. The van der Waals surface area contributed by atoms with Gasteiger partial charge in [-0.2, -0.15) is 0 Å². The highest BCUT2D eigenvalue weighted by atomic mass is 16.5. The molecule has 1 aromatic carbocycles. The van der Waals surface area contributed by atoms with E-state index in [-0.39, 0.29) is 12.7 Å². The van der Waals surface area contributed by atoms with E-state index in [1.807, 2.05) is 45.0 Å². The van der Waals surface area contributed by atoms with Crippen LogP contribution in [-0.4, -0.2) is 40.0 Å². The van der Waals surface area contributed by atoms with Gasteiger partial charge in [-0.25, -0.2) is 4.79 Å². The second-order valence-electron chi connectivity index (χ2n) is 6.69. The zero-order valence-corrected chi connectivity index (χ0v) is 13.5. The summed E-state index contributed by atoms with van der Waals surface area (Å²) in [5, 5.41) is 19.3. The molecule has 1 aliphatic heterocycles. The third kappa shape index (κ3) is 3.59. The van der Waals surface area contributed by atoms with Crippen LogP contribution in [0.4, 0.5) is 4.79 Å². The molecule has 0 aliphatic carbocycles. The molecule has 0 aromatic heterocycles. The molecule has 1 fully saturated rings. The zero-order valence-electron chi connectivity index (χ0n) is 13.5. The molecule has 0 bridgehead atoms. The summed E-state index contributed by atoms with van der Waals surface area (Å²) in [6, 6.07) is 7.13. The molecule has 1 aromatic rings. The molecule has 1 unspecified atom stereocenters. The predicted octanol–water partition coefficient (Wildman–Crippen LogP) is 3.35. The van der Waals surface area contributed by atoms with Crippen LogP contribution in [0.5, 0.6) is 0 Å². The van der Waals surface area contributed by atoms with Gasteiger partial charge >= 0.3 is 6.09 Å².